The lowest BCUT2D eigenvalue weighted by molar-refractivity contribution is -0.116. The Morgan fingerprint density at radius 2 is 2.15 bits per heavy atom. The number of H-pyrrole nitrogens is 1. The fourth-order valence-corrected chi connectivity index (χ4v) is 3.24. The molecule has 0 radical (unpaired) electrons. The van der Waals surface area contributed by atoms with Gasteiger partial charge in [-0.25, -0.2) is 4.68 Å². The Bertz CT molecular complexity index is 1150. The highest BCUT2D eigenvalue weighted by Crippen LogP contribution is 2.27. The fourth-order valence-electron chi connectivity index (χ4n) is 3.24. The van der Waals surface area contributed by atoms with E-state index < -0.39 is 0 Å². The van der Waals surface area contributed by atoms with Gasteiger partial charge in [-0.2, -0.15) is 5.10 Å². The van der Waals surface area contributed by atoms with E-state index in [1.807, 2.05) is 42.6 Å². The van der Waals surface area contributed by atoms with Gasteiger partial charge in [0.2, 0.25) is 5.91 Å². The Kier molecular flexibility index (Phi) is 3.60. The molecule has 5 rings (SSSR count). The SMILES string of the molecule is O=C1CCc2cc(OCc3cn(-c4cccc5[nH]ncc45)nn3)ccc2N1. The lowest BCUT2D eigenvalue weighted by atomic mass is 10.0. The number of fused-ring (bicyclic) bond motifs is 2. The smallest absolute Gasteiger partial charge is 0.224 e. The molecule has 0 bridgehead atoms. The lowest BCUT2D eigenvalue weighted by Crippen LogP contribution is -2.18. The molecule has 1 amide bonds. The Morgan fingerprint density at radius 3 is 3.11 bits per heavy atom. The third-order valence-corrected chi connectivity index (χ3v) is 4.61. The Hall–Kier alpha value is -3.68. The molecular formula is C19H16N6O2. The number of ether oxygens (including phenoxy) is 1. The summed E-state index contributed by atoms with van der Waals surface area (Å²) >= 11 is 0. The summed E-state index contributed by atoms with van der Waals surface area (Å²) in [5, 5.41) is 19.3. The number of hydrogen-bond acceptors (Lipinski definition) is 5. The fraction of sp³-hybridized carbons (Fsp3) is 0.158. The van der Waals surface area contributed by atoms with Crippen molar-refractivity contribution in [2.75, 3.05) is 5.32 Å². The van der Waals surface area contributed by atoms with Crippen molar-refractivity contribution in [2.45, 2.75) is 19.4 Å². The molecule has 0 atom stereocenters. The summed E-state index contributed by atoms with van der Waals surface area (Å²) in [6.07, 6.45) is 4.85. The van der Waals surface area contributed by atoms with Gasteiger partial charge < -0.3 is 10.1 Å². The van der Waals surface area contributed by atoms with Crippen LogP contribution in [0.1, 0.15) is 17.7 Å². The Morgan fingerprint density at radius 1 is 1.19 bits per heavy atom. The largest absolute Gasteiger partial charge is 0.487 e. The molecular weight excluding hydrogens is 344 g/mol. The number of aromatic nitrogens is 5. The molecule has 1 aliphatic rings. The van der Waals surface area contributed by atoms with Crippen LogP contribution in [0, 0.1) is 0 Å². The first-order valence-electron chi connectivity index (χ1n) is 8.65. The maximum atomic E-state index is 11.4. The predicted molar refractivity (Wildman–Crippen MR) is 98.7 cm³/mol. The highest BCUT2D eigenvalue weighted by atomic mass is 16.5. The number of hydrogen-bond donors (Lipinski definition) is 2. The van der Waals surface area contributed by atoms with Gasteiger partial charge in [0.15, 0.2) is 0 Å². The van der Waals surface area contributed by atoms with Crippen LogP contribution < -0.4 is 10.1 Å². The van der Waals surface area contributed by atoms with Crippen molar-refractivity contribution >= 4 is 22.5 Å². The van der Waals surface area contributed by atoms with Gasteiger partial charge in [0.1, 0.15) is 18.1 Å². The van der Waals surface area contributed by atoms with Gasteiger partial charge in [0.25, 0.3) is 0 Å². The quantitative estimate of drug-likeness (QED) is 0.583. The number of anilines is 1. The zero-order valence-electron chi connectivity index (χ0n) is 14.3. The summed E-state index contributed by atoms with van der Waals surface area (Å²) in [6, 6.07) is 11.6. The van der Waals surface area contributed by atoms with Crippen LogP contribution in [-0.2, 0) is 17.8 Å². The van der Waals surface area contributed by atoms with Gasteiger partial charge in [0.05, 0.1) is 23.6 Å². The number of carbonyl (C=O) groups excluding carboxylic acids is 1. The first kappa shape index (κ1) is 15.6. The van der Waals surface area contributed by atoms with Crippen LogP contribution in [0.2, 0.25) is 0 Å². The molecule has 2 N–H and O–H groups in total. The first-order chi connectivity index (χ1) is 13.3. The zero-order valence-corrected chi connectivity index (χ0v) is 14.3. The molecule has 2 aromatic heterocycles. The van der Waals surface area contributed by atoms with E-state index in [1.165, 1.54) is 0 Å². The third-order valence-electron chi connectivity index (χ3n) is 4.61. The minimum absolute atomic E-state index is 0.0559. The van der Waals surface area contributed by atoms with Gasteiger partial charge >= 0.3 is 0 Å². The van der Waals surface area contributed by atoms with E-state index in [0.717, 1.165) is 45.7 Å². The highest BCUT2D eigenvalue weighted by molar-refractivity contribution is 5.94. The van der Waals surface area contributed by atoms with E-state index in [1.54, 1.807) is 10.9 Å². The van der Waals surface area contributed by atoms with Crippen LogP contribution in [0.25, 0.3) is 16.6 Å². The van der Waals surface area contributed by atoms with Gasteiger partial charge in [0, 0.05) is 17.5 Å². The molecule has 2 aromatic carbocycles. The second kappa shape index (κ2) is 6.24. The summed E-state index contributed by atoms with van der Waals surface area (Å²) in [5.41, 5.74) is 4.52. The van der Waals surface area contributed by atoms with Gasteiger partial charge in [-0.1, -0.05) is 11.3 Å². The van der Waals surface area contributed by atoms with E-state index in [-0.39, 0.29) is 5.91 Å². The first-order valence-corrected chi connectivity index (χ1v) is 8.65. The summed E-state index contributed by atoms with van der Waals surface area (Å²) in [6.45, 7) is 0.312. The Balaban J connectivity index is 1.33. The predicted octanol–water partition coefficient (Wildman–Crippen LogP) is 2.61. The number of nitrogens with zero attached hydrogens (tertiary/aromatic N) is 4. The van der Waals surface area contributed by atoms with Gasteiger partial charge in [-0.05, 0) is 42.3 Å². The van der Waals surface area contributed by atoms with Crippen LogP contribution in [-0.4, -0.2) is 31.1 Å². The van der Waals surface area contributed by atoms with Gasteiger partial charge in [-0.15, -0.1) is 5.10 Å². The number of rotatable bonds is 4. The number of aromatic amines is 1. The van der Waals surface area contributed by atoms with Crippen molar-refractivity contribution < 1.29 is 9.53 Å². The lowest BCUT2D eigenvalue weighted by Gasteiger charge is -2.17. The van der Waals surface area contributed by atoms with Gasteiger partial charge in [-0.3, -0.25) is 9.89 Å². The average molecular weight is 360 g/mol. The van der Waals surface area contributed by atoms with Crippen LogP contribution in [0.3, 0.4) is 0 Å². The minimum atomic E-state index is 0.0559. The number of benzene rings is 2. The van der Waals surface area contributed by atoms with Crippen LogP contribution in [0.5, 0.6) is 5.75 Å². The molecule has 27 heavy (non-hydrogen) atoms. The molecule has 0 aliphatic carbocycles. The topological polar surface area (TPSA) is 97.7 Å². The molecule has 0 saturated carbocycles. The molecule has 3 heterocycles. The van der Waals surface area contributed by atoms with Crippen molar-refractivity contribution in [2.24, 2.45) is 0 Å². The molecule has 134 valence electrons. The van der Waals surface area contributed by atoms with Crippen molar-refractivity contribution in [3.63, 3.8) is 0 Å². The number of amides is 1. The van der Waals surface area contributed by atoms with E-state index in [0.29, 0.717) is 13.0 Å². The normalized spacial score (nSPS) is 13.4. The van der Waals surface area contributed by atoms with E-state index in [4.69, 9.17) is 4.74 Å². The molecule has 0 unspecified atom stereocenters. The molecule has 8 heteroatoms. The summed E-state index contributed by atoms with van der Waals surface area (Å²) in [5.74, 6) is 0.803. The molecule has 1 aliphatic heterocycles. The van der Waals surface area contributed by atoms with E-state index in [2.05, 4.69) is 25.8 Å². The zero-order chi connectivity index (χ0) is 18.2. The number of nitrogens with one attached hydrogen (secondary N) is 2. The standard InChI is InChI=1S/C19H16N6O2/c26-19-7-4-12-8-14(5-6-16(12)21-19)27-11-13-10-25(24-22-13)18-3-1-2-17-15(18)9-20-23-17/h1-3,5-6,8-10H,4,7,11H2,(H,20,23)(H,21,26). The van der Waals surface area contributed by atoms with Crippen molar-refractivity contribution in [1.29, 1.82) is 0 Å². The number of carbonyl (C=O) groups is 1. The minimum Gasteiger partial charge on any atom is -0.487 e. The molecule has 0 fully saturated rings. The van der Waals surface area contributed by atoms with Crippen LogP contribution in [0.15, 0.2) is 48.8 Å². The van der Waals surface area contributed by atoms with Crippen molar-refractivity contribution in [3.8, 4) is 11.4 Å². The molecule has 0 saturated heterocycles. The van der Waals surface area contributed by atoms with Crippen LogP contribution in [0.4, 0.5) is 5.69 Å². The maximum absolute atomic E-state index is 11.4. The molecule has 4 aromatic rings. The highest BCUT2D eigenvalue weighted by Gasteiger charge is 2.15. The van der Waals surface area contributed by atoms with E-state index >= 15 is 0 Å². The molecule has 8 nitrogen and oxygen atoms in total. The summed E-state index contributed by atoms with van der Waals surface area (Å²) < 4.78 is 7.58. The average Bonchev–Trinajstić information content (AvgIpc) is 3.35. The number of aryl methyl sites for hydroxylation is 1. The van der Waals surface area contributed by atoms with Crippen LogP contribution >= 0.6 is 0 Å². The second-order valence-electron chi connectivity index (χ2n) is 6.42. The van der Waals surface area contributed by atoms with E-state index in [9.17, 15) is 4.79 Å². The second-order valence-corrected chi connectivity index (χ2v) is 6.42. The molecule has 0 spiro atoms. The summed E-state index contributed by atoms with van der Waals surface area (Å²) in [4.78, 5) is 11.4. The monoisotopic (exact) mass is 360 g/mol. The van der Waals surface area contributed by atoms with Crippen molar-refractivity contribution in [1.82, 2.24) is 25.2 Å². The maximum Gasteiger partial charge on any atom is 0.224 e. The van der Waals surface area contributed by atoms with Crippen molar-refractivity contribution in [3.05, 3.63) is 60.0 Å². The Labute approximate surface area is 154 Å². The summed E-state index contributed by atoms with van der Waals surface area (Å²) in [7, 11) is 0. The third kappa shape index (κ3) is 2.91.